The van der Waals surface area contributed by atoms with E-state index in [1.165, 1.54) is 5.56 Å². The van der Waals surface area contributed by atoms with Gasteiger partial charge in [-0.2, -0.15) is 0 Å². The number of anilines is 2. The first kappa shape index (κ1) is 9.70. The monoisotopic (exact) mass is 216 g/mol. The van der Waals surface area contributed by atoms with Crippen LogP contribution >= 0.6 is 0 Å². The van der Waals surface area contributed by atoms with Crippen molar-refractivity contribution in [2.45, 2.75) is 31.7 Å². The lowest BCUT2D eigenvalue weighted by Gasteiger charge is -2.26. The normalized spacial score (nSPS) is 23.4. The Morgan fingerprint density at radius 3 is 2.88 bits per heavy atom. The highest BCUT2D eigenvalue weighted by molar-refractivity contribution is 5.91. The molecule has 1 aliphatic carbocycles. The third-order valence-corrected chi connectivity index (χ3v) is 3.49. The minimum Gasteiger partial charge on any atom is -0.399 e. The molecule has 3 N–H and O–H groups in total. The van der Waals surface area contributed by atoms with Crippen molar-refractivity contribution in [3.63, 3.8) is 0 Å². The van der Waals surface area contributed by atoms with E-state index in [-0.39, 0.29) is 6.04 Å². The van der Waals surface area contributed by atoms with E-state index in [0.29, 0.717) is 11.7 Å². The van der Waals surface area contributed by atoms with Gasteiger partial charge in [0.05, 0.1) is 6.04 Å². The topological polar surface area (TPSA) is 55.1 Å². The van der Waals surface area contributed by atoms with Crippen molar-refractivity contribution in [1.82, 2.24) is 0 Å². The summed E-state index contributed by atoms with van der Waals surface area (Å²) in [6.45, 7) is 0. The fourth-order valence-electron chi connectivity index (χ4n) is 2.37. The van der Waals surface area contributed by atoms with Crippen molar-refractivity contribution in [3.8, 4) is 0 Å². The van der Waals surface area contributed by atoms with Gasteiger partial charge in [0.2, 0.25) is 0 Å². The fraction of sp³-hybridized carbons (Fsp3) is 0.462. The van der Waals surface area contributed by atoms with Gasteiger partial charge in [0.1, 0.15) is 0 Å². The van der Waals surface area contributed by atoms with Crippen LogP contribution in [0.15, 0.2) is 18.2 Å². The molecule has 3 nitrogen and oxygen atoms in total. The van der Waals surface area contributed by atoms with Gasteiger partial charge in [-0.25, -0.2) is 0 Å². The third-order valence-electron chi connectivity index (χ3n) is 3.49. The molecule has 1 heterocycles. The van der Waals surface area contributed by atoms with Crippen LogP contribution in [-0.2, 0) is 11.2 Å². The van der Waals surface area contributed by atoms with Crippen molar-refractivity contribution < 1.29 is 4.79 Å². The Balaban J connectivity index is 1.81. The van der Waals surface area contributed by atoms with E-state index < -0.39 is 0 Å². The molecule has 0 bridgehead atoms. The van der Waals surface area contributed by atoms with Gasteiger partial charge in [0.25, 0.3) is 0 Å². The van der Waals surface area contributed by atoms with E-state index in [4.69, 9.17) is 5.73 Å². The summed E-state index contributed by atoms with van der Waals surface area (Å²) in [7, 11) is 0. The SMILES string of the molecule is Nc1ccc2c(c1)NC(C(=O)C1CC1)CC2. The minimum absolute atomic E-state index is 0.0156. The molecule has 0 saturated heterocycles. The molecule has 0 radical (unpaired) electrons. The summed E-state index contributed by atoms with van der Waals surface area (Å²) in [5, 5.41) is 3.33. The number of hydrogen-bond donors (Lipinski definition) is 2. The Hall–Kier alpha value is -1.51. The fourth-order valence-corrected chi connectivity index (χ4v) is 2.37. The zero-order chi connectivity index (χ0) is 11.1. The molecule has 0 amide bonds. The lowest BCUT2D eigenvalue weighted by Crippen LogP contribution is -2.34. The van der Waals surface area contributed by atoms with Crippen LogP contribution in [0.3, 0.4) is 0 Å². The van der Waals surface area contributed by atoms with Crippen LogP contribution in [0.25, 0.3) is 0 Å². The van der Waals surface area contributed by atoms with Crippen LogP contribution in [0.5, 0.6) is 0 Å². The second kappa shape index (κ2) is 3.51. The number of fused-ring (bicyclic) bond motifs is 1. The van der Waals surface area contributed by atoms with E-state index in [9.17, 15) is 4.79 Å². The minimum atomic E-state index is 0.0156. The highest BCUT2D eigenvalue weighted by Gasteiger charge is 2.35. The van der Waals surface area contributed by atoms with E-state index in [1.54, 1.807) is 0 Å². The van der Waals surface area contributed by atoms with Gasteiger partial charge < -0.3 is 11.1 Å². The van der Waals surface area contributed by atoms with Crippen molar-refractivity contribution in [2.24, 2.45) is 5.92 Å². The quantitative estimate of drug-likeness (QED) is 0.743. The highest BCUT2D eigenvalue weighted by atomic mass is 16.1. The maximum atomic E-state index is 12.0. The van der Waals surface area contributed by atoms with E-state index in [0.717, 1.165) is 37.1 Å². The number of benzene rings is 1. The van der Waals surface area contributed by atoms with Gasteiger partial charge in [-0.15, -0.1) is 0 Å². The first-order chi connectivity index (χ1) is 7.74. The van der Waals surface area contributed by atoms with Gasteiger partial charge in [0, 0.05) is 17.3 Å². The molecule has 3 heteroatoms. The summed E-state index contributed by atoms with van der Waals surface area (Å²) in [6.07, 6.45) is 4.07. The molecule has 3 rings (SSSR count). The van der Waals surface area contributed by atoms with E-state index in [2.05, 4.69) is 11.4 Å². The summed E-state index contributed by atoms with van der Waals surface area (Å²) in [6, 6.07) is 5.92. The number of nitrogens with one attached hydrogen (secondary N) is 1. The number of nitrogen functional groups attached to an aromatic ring is 1. The number of Topliss-reactive ketones (excluding diaryl/α,β-unsaturated/α-hetero) is 1. The first-order valence-corrected chi connectivity index (χ1v) is 5.93. The number of aryl methyl sites for hydroxylation is 1. The summed E-state index contributed by atoms with van der Waals surface area (Å²) in [4.78, 5) is 12.0. The van der Waals surface area contributed by atoms with Crippen molar-refractivity contribution in [2.75, 3.05) is 11.1 Å². The van der Waals surface area contributed by atoms with Gasteiger partial charge in [-0.05, 0) is 43.4 Å². The van der Waals surface area contributed by atoms with Crippen molar-refractivity contribution in [1.29, 1.82) is 0 Å². The Morgan fingerprint density at radius 2 is 2.12 bits per heavy atom. The molecule has 1 aromatic rings. The Morgan fingerprint density at radius 1 is 1.31 bits per heavy atom. The number of carbonyl (C=O) groups is 1. The second-order valence-corrected chi connectivity index (χ2v) is 4.83. The lowest BCUT2D eigenvalue weighted by atomic mass is 9.94. The maximum absolute atomic E-state index is 12.0. The molecular weight excluding hydrogens is 200 g/mol. The predicted molar refractivity (Wildman–Crippen MR) is 64.3 cm³/mol. The average molecular weight is 216 g/mol. The van der Waals surface area contributed by atoms with Gasteiger partial charge in [-0.1, -0.05) is 6.07 Å². The van der Waals surface area contributed by atoms with Crippen LogP contribution < -0.4 is 11.1 Å². The number of nitrogens with two attached hydrogens (primary N) is 1. The van der Waals surface area contributed by atoms with Crippen LogP contribution in [-0.4, -0.2) is 11.8 Å². The number of hydrogen-bond acceptors (Lipinski definition) is 3. The van der Waals surface area contributed by atoms with Crippen LogP contribution in [0.1, 0.15) is 24.8 Å². The molecule has 0 aromatic heterocycles. The Labute approximate surface area is 95.0 Å². The number of carbonyl (C=O) groups excluding carboxylic acids is 1. The highest BCUT2D eigenvalue weighted by Crippen LogP contribution is 2.35. The molecule has 1 aliphatic heterocycles. The number of rotatable bonds is 2. The largest absolute Gasteiger partial charge is 0.399 e. The second-order valence-electron chi connectivity index (χ2n) is 4.83. The molecule has 1 fully saturated rings. The molecule has 84 valence electrons. The molecule has 1 unspecified atom stereocenters. The van der Waals surface area contributed by atoms with E-state index >= 15 is 0 Å². The lowest BCUT2D eigenvalue weighted by molar-refractivity contribution is -0.121. The van der Waals surface area contributed by atoms with Gasteiger partial charge in [-0.3, -0.25) is 4.79 Å². The molecule has 2 aliphatic rings. The third kappa shape index (κ3) is 1.66. The summed E-state index contributed by atoms with van der Waals surface area (Å²) in [5.74, 6) is 0.730. The molecule has 1 aromatic carbocycles. The van der Waals surface area contributed by atoms with Crippen LogP contribution in [0, 0.1) is 5.92 Å². The molecule has 16 heavy (non-hydrogen) atoms. The Kier molecular flexibility index (Phi) is 2.13. The molecule has 1 atom stereocenters. The zero-order valence-electron chi connectivity index (χ0n) is 9.20. The molecular formula is C13H16N2O. The molecule has 1 saturated carbocycles. The molecule has 0 spiro atoms. The summed E-state index contributed by atoms with van der Waals surface area (Å²) in [5.41, 5.74) is 8.82. The van der Waals surface area contributed by atoms with Crippen LogP contribution in [0.4, 0.5) is 11.4 Å². The van der Waals surface area contributed by atoms with Crippen molar-refractivity contribution in [3.05, 3.63) is 23.8 Å². The van der Waals surface area contributed by atoms with Gasteiger partial charge >= 0.3 is 0 Å². The van der Waals surface area contributed by atoms with E-state index in [1.807, 2.05) is 12.1 Å². The maximum Gasteiger partial charge on any atom is 0.158 e. The smallest absolute Gasteiger partial charge is 0.158 e. The zero-order valence-corrected chi connectivity index (χ0v) is 9.20. The van der Waals surface area contributed by atoms with Crippen molar-refractivity contribution >= 4 is 17.2 Å². The summed E-state index contributed by atoms with van der Waals surface area (Å²) >= 11 is 0. The van der Waals surface area contributed by atoms with Crippen LogP contribution in [0.2, 0.25) is 0 Å². The Bertz CT molecular complexity index is 438. The predicted octanol–water partition coefficient (Wildman–Crippen LogP) is 1.97. The number of ketones is 1. The summed E-state index contributed by atoms with van der Waals surface area (Å²) < 4.78 is 0. The first-order valence-electron chi connectivity index (χ1n) is 5.93. The average Bonchev–Trinajstić information content (AvgIpc) is 3.11. The standard InChI is InChI=1S/C13H16N2O/c14-10-5-3-8-4-6-11(15-12(8)7-10)13(16)9-1-2-9/h3,5,7,9,11,15H,1-2,4,6,14H2. The van der Waals surface area contributed by atoms with Gasteiger partial charge in [0.15, 0.2) is 5.78 Å².